The fourth-order valence-electron chi connectivity index (χ4n) is 6.98. The molecular formula is C42H48F2N8O4. The van der Waals surface area contributed by atoms with Crippen LogP contribution in [0.3, 0.4) is 0 Å². The minimum atomic E-state index is -1.51. The maximum absolute atomic E-state index is 14.9. The van der Waals surface area contributed by atoms with E-state index in [2.05, 4.69) is 61.7 Å². The molecule has 2 saturated heterocycles. The zero-order chi connectivity index (χ0) is 39.1. The van der Waals surface area contributed by atoms with Crippen LogP contribution in [-0.4, -0.2) is 90.3 Å². The lowest BCUT2D eigenvalue weighted by atomic mass is 10.0. The number of likely N-dealkylation sites (N-methyl/N-ethyl adjacent to an activating group) is 1. The largest absolute Gasteiger partial charge is 0.491 e. The first-order valence-corrected chi connectivity index (χ1v) is 18.9. The van der Waals surface area contributed by atoms with Crippen molar-refractivity contribution in [3.63, 3.8) is 0 Å². The molecule has 2 amide bonds. The number of ether oxygens (including phenoxy) is 3. The number of halogens is 2. The molecule has 0 bridgehead atoms. The van der Waals surface area contributed by atoms with Gasteiger partial charge in [0.1, 0.15) is 49.3 Å². The van der Waals surface area contributed by atoms with Crippen molar-refractivity contribution < 1.29 is 27.8 Å². The molecule has 0 radical (unpaired) electrons. The summed E-state index contributed by atoms with van der Waals surface area (Å²) >= 11 is 0. The van der Waals surface area contributed by atoms with E-state index in [1.807, 2.05) is 68.6 Å². The van der Waals surface area contributed by atoms with E-state index in [0.717, 1.165) is 55.9 Å². The highest BCUT2D eigenvalue weighted by Crippen LogP contribution is 2.38. The Morgan fingerprint density at radius 2 is 1.62 bits per heavy atom. The zero-order valence-electron chi connectivity index (χ0n) is 31.9. The number of piperazine rings is 1. The number of amides is 2. The third-order valence-electron chi connectivity index (χ3n) is 10.6. The number of hydrogen-bond donors (Lipinski definition) is 2. The van der Waals surface area contributed by atoms with Crippen molar-refractivity contribution in [3.05, 3.63) is 132 Å². The van der Waals surface area contributed by atoms with E-state index in [0.29, 0.717) is 5.75 Å². The van der Waals surface area contributed by atoms with Crippen LogP contribution in [0.2, 0.25) is 0 Å². The van der Waals surface area contributed by atoms with Crippen LogP contribution in [0.1, 0.15) is 25.0 Å². The van der Waals surface area contributed by atoms with Gasteiger partial charge in [0.2, 0.25) is 5.79 Å². The van der Waals surface area contributed by atoms with Gasteiger partial charge in [0.15, 0.2) is 0 Å². The second kappa shape index (κ2) is 17.5. The Balaban J connectivity index is 0.859. The van der Waals surface area contributed by atoms with Crippen LogP contribution in [0.4, 0.5) is 30.6 Å². The molecule has 0 aliphatic carbocycles. The summed E-state index contributed by atoms with van der Waals surface area (Å²) in [6.45, 7) is 8.63. The number of nitrogens with one attached hydrogen (secondary N) is 2. The fraction of sp³-hybridized carbons (Fsp3) is 0.357. The Morgan fingerprint density at radius 1 is 0.946 bits per heavy atom. The third kappa shape index (κ3) is 9.27. The molecule has 3 heterocycles. The fourth-order valence-corrected chi connectivity index (χ4v) is 6.98. The average Bonchev–Trinajstić information content (AvgIpc) is 3.90. The number of rotatable bonds is 14. The second-order valence-corrected chi connectivity index (χ2v) is 14.3. The van der Waals surface area contributed by atoms with Gasteiger partial charge in [-0.1, -0.05) is 30.3 Å². The molecule has 1 aromatic heterocycles. The summed E-state index contributed by atoms with van der Waals surface area (Å²) in [4.78, 5) is 23.4. The van der Waals surface area contributed by atoms with Gasteiger partial charge in [0, 0.05) is 80.5 Å². The molecule has 4 atom stereocenters. The molecule has 14 heteroatoms. The molecule has 0 saturated carbocycles. The van der Waals surface area contributed by atoms with Crippen LogP contribution < -0.4 is 25.2 Å². The maximum atomic E-state index is 14.9. The Kier molecular flexibility index (Phi) is 12.1. The molecule has 2 N–H and O–H groups in total. The first-order chi connectivity index (χ1) is 27.2. The Labute approximate surface area is 326 Å². The Hall–Kier alpha value is -5.57. The predicted molar refractivity (Wildman–Crippen MR) is 211 cm³/mol. The molecule has 2 fully saturated rings. The lowest BCUT2D eigenvalue weighted by Crippen LogP contribution is -2.48. The van der Waals surface area contributed by atoms with E-state index in [1.165, 1.54) is 35.0 Å². The van der Waals surface area contributed by atoms with E-state index >= 15 is 0 Å². The topological polar surface area (TPSA) is 109 Å². The minimum absolute atomic E-state index is 0.0129. The Bertz CT molecular complexity index is 2020. The molecule has 7 rings (SSSR count). The Morgan fingerprint density at radius 3 is 2.27 bits per heavy atom. The molecular weight excluding hydrogens is 719 g/mol. The SMILES string of the molecule is CC(NCc1ccccc1)C(C)N(C)C(=O)Nc1ccc(N2CCN(c3ccc(OCC4COC(Cn5cncn5)(c5ccc(F)cc5F)O4)cc3)CC2)cc1. The normalized spacial score (nSPS) is 19.4. The van der Waals surface area contributed by atoms with Crippen molar-refractivity contribution in [1.82, 2.24) is 25.0 Å². The van der Waals surface area contributed by atoms with E-state index in [-0.39, 0.29) is 43.4 Å². The summed E-state index contributed by atoms with van der Waals surface area (Å²) < 4.78 is 48.5. The van der Waals surface area contributed by atoms with Crippen molar-refractivity contribution in [2.75, 3.05) is 61.6 Å². The van der Waals surface area contributed by atoms with Crippen molar-refractivity contribution in [2.45, 2.75) is 50.9 Å². The second-order valence-electron chi connectivity index (χ2n) is 14.3. The zero-order valence-corrected chi connectivity index (χ0v) is 31.9. The number of urea groups is 1. The van der Waals surface area contributed by atoms with Gasteiger partial charge in [0.25, 0.3) is 0 Å². The van der Waals surface area contributed by atoms with Gasteiger partial charge in [-0.25, -0.2) is 23.2 Å². The highest BCUT2D eigenvalue weighted by Gasteiger charge is 2.46. The third-order valence-corrected chi connectivity index (χ3v) is 10.6. The summed E-state index contributed by atoms with van der Waals surface area (Å²) in [5.41, 5.74) is 4.24. The van der Waals surface area contributed by atoms with Crippen LogP contribution in [0.15, 0.2) is 110 Å². The summed E-state index contributed by atoms with van der Waals surface area (Å²) in [7, 11) is 1.82. The molecule has 0 spiro atoms. The van der Waals surface area contributed by atoms with Gasteiger partial charge in [-0.2, -0.15) is 5.10 Å². The number of benzene rings is 4. The van der Waals surface area contributed by atoms with Gasteiger partial charge in [-0.3, -0.25) is 0 Å². The molecule has 5 aromatic rings. The van der Waals surface area contributed by atoms with E-state index in [9.17, 15) is 13.6 Å². The van der Waals surface area contributed by atoms with Crippen molar-refractivity contribution in [2.24, 2.45) is 0 Å². The van der Waals surface area contributed by atoms with Crippen molar-refractivity contribution in [1.29, 1.82) is 0 Å². The quantitative estimate of drug-likeness (QED) is 0.135. The van der Waals surface area contributed by atoms with Gasteiger partial charge < -0.3 is 39.5 Å². The molecule has 4 aromatic carbocycles. The van der Waals surface area contributed by atoms with E-state index in [4.69, 9.17) is 14.2 Å². The van der Waals surface area contributed by atoms with Gasteiger partial charge in [-0.15, -0.1) is 0 Å². The van der Waals surface area contributed by atoms with Crippen LogP contribution in [0.5, 0.6) is 5.75 Å². The molecule has 2 aliphatic heterocycles. The number of carbonyl (C=O) groups excluding carboxylic acids is 1. The maximum Gasteiger partial charge on any atom is 0.321 e. The van der Waals surface area contributed by atoms with Crippen molar-refractivity contribution in [3.8, 4) is 5.75 Å². The van der Waals surface area contributed by atoms with Gasteiger partial charge in [0.05, 0.1) is 6.61 Å². The first-order valence-electron chi connectivity index (χ1n) is 18.9. The van der Waals surface area contributed by atoms with Crippen LogP contribution in [0.25, 0.3) is 0 Å². The van der Waals surface area contributed by atoms with Gasteiger partial charge in [-0.05, 0) is 80.1 Å². The summed E-state index contributed by atoms with van der Waals surface area (Å²) in [6.07, 6.45) is 2.34. The summed E-state index contributed by atoms with van der Waals surface area (Å²) in [6, 6.07) is 29.4. The molecule has 56 heavy (non-hydrogen) atoms. The first kappa shape index (κ1) is 38.7. The molecule has 12 nitrogen and oxygen atoms in total. The van der Waals surface area contributed by atoms with E-state index < -0.39 is 23.5 Å². The predicted octanol–water partition coefficient (Wildman–Crippen LogP) is 6.26. The van der Waals surface area contributed by atoms with Crippen LogP contribution in [0, 0.1) is 11.6 Å². The van der Waals surface area contributed by atoms with E-state index in [1.54, 1.807) is 4.90 Å². The number of nitrogens with zero attached hydrogens (tertiary/aromatic N) is 6. The standard InChI is InChI=1S/C42H48F2N8O4/c1-30(46-24-32-7-5-4-6-8-32)31(2)49(3)41(53)48-34-10-12-35(13-11-34)50-19-21-51(22-20-50)36-14-16-37(17-15-36)54-25-38-26-55-42(56-38,27-52-29-45-28-47-52)39-18-9-33(43)23-40(39)44/h4-18,23,28-31,38,46H,19-22,24-27H2,1-3H3,(H,48,53). The van der Waals surface area contributed by atoms with Crippen LogP contribution >= 0.6 is 0 Å². The lowest BCUT2D eigenvalue weighted by Gasteiger charge is -2.37. The summed E-state index contributed by atoms with van der Waals surface area (Å²) in [5.74, 6) is -2.31. The smallest absolute Gasteiger partial charge is 0.321 e. The summed E-state index contributed by atoms with van der Waals surface area (Å²) in [5, 5.41) is 10.7. The molecule has 4 unspecified atom stereocenters. The number of hydrogen-bond acceptors (Lipinski definition) is 9. The van der Waals surface area contributed by atoms with Crippen LogP contribution in [-0.2, 0) is 28.4 Å². The lowest BCUT2D eigenvalue weighted by molar-refractivity contribution is -0.192. The van der Waals surface area contributed by atoms with Gasteiger partial charge >= 0.3 is 6.03 Å². The number of carbonyl (C=O) groups is 1. The van der Waals surface area contributed by atoms with Crippen molar-refractivity contribution >= 4 is 23.1 Å². The highest BCUT2D eigenvalue weighted by molar-refractivity contribution is 5.89. The number of anilines is 3. The number of aromatic nitrogens is 3. The minimum Gasteiger partial charge on any atom is -0.491 e. The molecule has 2 aliphatic rings. The highest BCUT2D eigenvalue weighted by atomic mass is 19.1. The monoisotopic (exact) mass is 766 g/mol. The molecule has 294 valence electrons. The average molecular weight is 767 g/mol.